The van der Waals surface area contributed by atoms with Crippen LogP contribution in [0.2, 0.25) is 0 Å². The monoisotopic (exact) mass is 490 g/mol. The van der Waals surface area contributed by atoms with Crippen molar-refractivity contribution < 1.29 is 13.2 Å². The first kappa shape index (κ1) is 20.9. The van der Waals surface area contributed by atoms with E-state index in [1.807, 2.05) is 42.6 Å². The van der Waals surface area contributed by atoms with Crippen LogP contribution in [0.4, 0.5) is 5.69 Å². The Morgan fingerprint density at radius 1 is 1.42 bits per heavy atom. The van der Waals surface area contributed by atoms with Crippen molar-refractivity contribution in [2.45, 2.75) is 44.0 Å². The lowest BCUT2D eigenvalue weighted by Gasteiger charge is -2.16. The average Bonchev–Trinajstić information content (AvgIpc) is 3.04. The van der Waals surface area contributed by atoms with Crippen molar-refractivity contribution in [1.82, 2.24) is 9.62 Å². The van der Waals surface area contributed by atoms with Gasteiger partial charge < -0.3 is 10.2 Å². The van der Waals surface area contributed by atoms with E-state index in [1.54, 1.807) is 12.1 Å². The van der Waals surface area contributed by atoms with Crippen LogP contribution in [-0.2, 0) is 14.8 Å². The predicted molar refractivity (Wildman–Crippen MR) is 108 cm³/mol. The summed E-state index contributed by atoms with van der Waals surface area (Å²) < 4.78 is 28.8. The van der Waals surface area contributed by atoms with Gasteiger partial charge in [-0.2, -0.15) is 5.26 Å². The van der Waals surface area contributed by atoms with Gasteiger partial charge in [0.05, 0.1) is 4.90 Å². The molecule has 0 aliphatic carbocycles. The van der Waals surface area contributed by atoms with Crippen molar-refractivity contribution in [3.63, 3.8) is 0 Å². The second kappa shape index (κ2) is 9.01. The second-order valence-corrected chi connectivity index (χ2v) is 9.15. The molecule has 1 saturated heterocycles. The minimum atomic E-state index is -3.74. The summed E-state index contributed by atoms with van der Waals surface area (Å²) in [6.07, 6.45) is 4.09. The summed E-state index contributed by atoms with van der Waals surface area (Å²) in [5, 5.41) is 11.7. The molecule has 0 radical (unpaired) electrons. The first-order valence-corrected chi connectivity index (χ1v) is 11.1. The van der Waals surface area contributed by atoms with Gasteiger partial charge in [-0.25, -0.2) is 13.1 Å². The number of hydrogen-bond donors (Lipinski definition) is 2. The normalized spacial score (nSPS) is 17.3. The molecule has 2 rings (SSSR count). The summed E-state index contributed by atoms with van der Waals surface area (Å²) >= 11 is 1.97. The standard InChI is InChI=1S/C17H23IN4O3S/c1-3-12(4-2)17(23)20-13-5-6-15(18)16(9-13)26(24,25)21-14-7-8-22(10-14)11-19/h5-6,9,12,14,21H,3-4,7-8,10H2,1-2H3,(H,20,23)/t14-/m1/s1. The molecule has 0 saturated carbocycles. The fourth-order valence-corrected chi connectivity index (χ4v) is 5.49. The number of hydrogen-bond acceptors (Lipinski definition) is 5. The van der Waals surface area contributed by atoms with Crippen molar-refractivity contribution in [2.24, 2.45) is 5.92 Å². The van der Waals surface area contributed by atoms with Gasteiger partial charge in [-0.05, 0) is 60.1 Å². The summed E-state index contributed by atoms with van der Waals surface area (Å²) in [4.78, 5) is 13.9. The lowest BCUT2D eigenvalue weighted by atomic mass is 10.0. The number of sulfonamides is 1. The number of amides is 1. The number of nitriles is 1. The number of rotatable bonds is 7. The van der Waals surface area contributed by atoms with Crippen LogP contribution in [0.25, 0.3) is 0 Å². The third-order valence-corrected chi connectivity index (χ3v) is 7.36. The highest BCUT2D eigenvalue weighted by Crippen LogP contribution is 2.24. The number of nitrogens with zero attached hydrogens (tertiary/aromatic N) is 2. The van der Waals surface area contributed by atoms with E-state index < -0.39 is 10.0 Å². The van der Waals surface area contributed by atoms with Gasteiger partial charge in [-0.3, -0.25) is 4.79 Å². The minimum absolute atomic E-state index is 0.0945. The van der Waals surface area contributed by atoms with Crippen LogP contribution in [0.3, 0.4) is 0 Å². The Hall–Kier alpha value is -1.38. The Morgan fingerprint density at radius 3 is 2.69 bits per heavy atom. The van der Waals surface area contributed by atoms with E-state index in [-0.39, 0.29) is 22.8 Å². The molecule has 0 unspecified atom stereocenters. The van der Waals surface area contributed by atoms with Crippen molar-refractivity contribution in [1.29, 1.82) is 5.26 Å². The summed E-state index contributed by atoms with van der Waals surface area (Å²) in [5.74, 6) is -0.198. The minimum Gasteiger partial charge on any atom is -0.326 e. The molecule has 0 spiro atoms. The highest BCUT2D eigenvalue weighted by molar-refractivity contribution is 14.1. The van der Waals surface area contributed by atoms with Crippen LogP contribution in [-0.4, -0.2) is 38.4 Å². The summed E-state index contributed by atoms with van der Waals surface area (Å²) in [7, 11) is -3.74. The highest BCUT2D eigenvalue weighted by atomic mass is 127. The Balaban J connectivity index is 2.18. The maximum Gasteiger partial charge on any atom is 0.242 e. The number of benzene rings is 1. The van der Waals surface area contributed by atoms with Crippen molar-refractivity contribution in [2.75, 3.05) is 18.4 Å². The molecule has 1 fully saturated rings. The largest absolute Gasteiger partial charge is 0.326 e. The lowest BCUT2D eigenvalue weighted by molar-refractivity contribution is -0.120. The molecule has 1 heterocycles. The SMILES string of the molecule is CCC(CC)C(=O)Nc1ccc(I)c(S(=O)(=O)N[C@@H]2CCN(C#N)C2)c1. The highest BCUT2D eigenvalue weighted by Gasteiger charge is 2.28. The van der Waals surface area contributed by atoms with Crippen LogP contribution >= 0.6 is 22.6 Å². The molecule has 2 N–H and O–H groups in total. The van der Waals surface area contributed by atoms with Crippen LogP contribution in [0, 0.1) is 20.9 Å². The number of carbonyl (C=O) groups excluding carboxylic acids is 1. The number of halogens is 1. The number of anilines is 1. The van der Waals surface area contributed by atoms with Crippen molar-refractivity contribution >= 4 is 44.2 Å². The maximum absolute atomic E-state index is 12.8. The van der Waals surface area contributed by atoms with Gasteiger partial charge in [0.25, 0.3) is 0 Å². The molecule has 1 amide bonds. The lowest BCUT2D eigenvalue weighted by Crippen LogP contribution is -2.36. The molecule has 0 bridgehead atoms. The van der Waals surface area contributed by atoms with Crippen molar-refractivity contribution in [3.8, 4) is 6.19 Å². The summed E-state index contributed by atoms with van der Waals surface area (Å²) in [5.41, 5.74) is 0.466. The number of carbonyl (C=O) groups is 1. The zero-order valence-corrected chi connectivity index (χ0v) is 17.8. The van der Waals surface area contributed by atoms with Gasteiger partial charge in [0.1, 0.15) is 0 Å². The van der Waals surface area contributed by atoms with Gasteiger partial charge in [0.2, 0.25) is 15.9 Å². The van der Waals surface area contributed by atoms with E-state index in [4.69, 9.17) is 5.26 Å². The quantitative estimate of drug-likeness (QED) is 0.452. The van der Waals surface area contributed by atoms with E-state index in [1.165, 1.54) is 11.0 Å². The van der Waals surface area contributed by atoms with E-state index in [2.05, 4.69) is 10.0 Å². The molecule has 9 heteroatoms. The predicted octanol–water partition coefficient (Wildman–Crippen LogP) is 2.50. The van der Waals surface area contributed by atoms with E-state index in [9.17, 15) is 13.2 Å². The Kier molecular flexibility index (Phi) is 7.25. The Morgan fingerprint density at radius 2 is 2.12 bits per heavy atom. The summed E-state index contributed by atoms with van der Waals surface area (Å²) in [6.45, 7) is 4.82. The Bertz CT molecular complexity index is 803. The number of nitrogens with one attached hydrogen (secondary N) is 2. The van der Waals surface area contributed by atoms with E-state index in [0.717, 1.165) is 12.8 Å². The first-order chi connectivity index (χ1) is 12.3. The molecular formula is C17H23IN4O3S. The molecule has 0 aromatic heterocycles. The molecule has 142 valence electrons. The van der Waals surface area contributed by atoms with Gasteiger partial charge in [-0.1, -0.05) is 13.8 Å². The maximum atomic E-state index is 12.8. The van der Waals surface area contributed by atoms with Gasteiger partial charge in [-0.15, -0.1) is 0 Å². The van der Waals surface area contributed by atoms with E-state index in [0.29, 0.717) is 28.8 Å². The van der Waals surface area contributed by atoms with Gasteiger partial charge >= 0.3 is 0 Å². The molecular weight excluding hydrogens is 467 g/mol. The first-order valence-electron chi connectivity index (χ1n) is 8.58. The molecule has 26 heavy (non-hydrogen) atoms. The van der Waals surface area contributed by atoms with Crippen molar-refractivity contribution in [3.05, 3.63) is 21.8 Å². The third-order valence-electron chi connectivity index (χ3n) is 4.50. The van der Waals surface area contributed by atoms with Crippen LogP contribution in [0.15, 0.2) is 23.1 Å². The average molecular weight is 490 g/mol. The van der Waals surface area contributed by atoms with Crippen LogP contribution < -0.4 is 10.0 Å². The second-order valence-electron chi connectivity index (χ2n) is 6.30. The molecule has 1 aliphatic heterocycles. The zero-order valence-electron chi connectivity index (χ0n) is 14.8. The summed E-state index contributed by atoms with van der Waals surface area (Å²) in [6, 6.07) is 4.57. The topological polar surface area (TPSA) is 102 Å². The van der Waals surface area contributed by atoms with Crippen LogP contribution in [0.5, 0.6) is 0 Å². The molecule has 1 aliphatic rings. The van der Waals surface area contributed by atoms with Gasteiger partial charge in [0, 0.05) is 34.3 Å². The third kappa shape index (κ3) is 5.08. The van der Waals surface area contributed by atoms with Gasteiger partial charge in [0.15, 0.2) is 6.19 Å². The van der Waals surface area contributed by atoms with E-state index >= 15 is 0 Å². The smallest absolute Gasteiger partial charge is 0.242 e. The fraction of sp³-hybridized carbons (Fsp3) is 0.529. The van der Waals surface area contributed by atoms with Crippen LogP contribution in [0.1, 0.15) is 33.1 Å². The fourth-order valence-electron chi connectivity index (χ4n) is 2.92. The Labute approximate surface area is 168 Å². The zero-order chi connectivity index (χ0) is 19.3. The number of likely N-dealkylation sites (tertiary alicyclic amines) is 1. The molecule has 7 nitrogen and oxygen atoms in total. The molecule has 1 atom stereocenters. The molecule has 1 aromatic carbocycles. The molecule has 1 aromatic rings.